The van der Waals surface area contributed by atoms with Crippen molar-refractivity contribution in [3.8, 4) is 0 Å². The minimum atomic E-state index is -0.772. The van der Waals surface area contributed by atoms with Crippen molar-refractivity contribution in [2.24, 2.45) is 5.92 Å². The lowest BCUT2D eigenvalue weighted by Gasteiger charge is -2.31. The Morgan fingerprint density at radius 3 is 2.81 bits per heavy atom. The fourth-order valence-electron chi connectivity index (χ4n) is 2.27. The number of carbonyl (C=O) groups is 1. The number of carboxylic acid groups (broad SMARTS) is 1. The van der Waals surface area contributed by atoms with E-state index in [1.165, 1.54) is 19.3 Å². The van der Waals surface area contributed by atoms with Gasteiger partial charge in [-0.1, -0.05) is 26.3 Å². The number of hydrogen-bond acceptors (Lipinski definition) is 2. The molecule has 0 aromatic heterocycles. The molecule has 0 spiro atoms. The van der Waals surface area contributed by atoms with Crippen LogP contribution in [0.4, 0.5) is 0 Å². The van der Waals surface area contributed by atoms with Crippen molar-refractivity contribution in [3.63, 3.8) is 0 Å². The Bertz CT molecular complexity index is 261. The van der Waals surface area contributed by atoms with Gasteiger partial charge >= 0.3 is 5.97 Å². The SMILES string of the molecule is CCC(=CCN1CCCC(CC)C1)C(=O)O. The highest BCUT2D eigenvalue weighted by molar-refractivity contribution is 5.86. The number of piperidine rings is 1. The molecule has 1 aliphatic rings. The Kier molecular flexibility index (Phi) is 5.53. The quantitative estimate of drug-likeness (QED) is 0.731. The van der Waals surface area contributed by atoms with E-state index in [1.807, 2.05) is 13.0 Å². The van der Waals surface area contributed by atoms with E-state index >= 15 is 0 Å². The zero-order valence-electron chi connectivity index (χ0n) is 10.4. The Morgan fingerprint density at radius 1 is 1.50 bits per heavy atom. The molecule has 0 radical (unpaired) electrons. The number of likely N-dealkylation sites (tertiary alicyclic amines) is 1. The van der Waals surface area contributed by atoms with Crippen LogP contribution in [0.5, 0.6) is 0 Å². The van der Waals surface area contributed by atoms with E-state index < -0.39 is 5.97 Å². The second-order valence-electron chi connectivity index (χ2n) is 4.56. The van der Waals surface area contributed by atoms with Crippen molar-refractivity contribution in [1.82, 2.24) is 4.90 Å². The fourth-order valence-corrected chi connectivity index (χ4v) is 2.27. The first-order chi connectivity index (χ1) is 7.67. The van der Waals surface area contributed by atoms with Gasteiger partial charge in [0.2, 0.25) is 0 Å². The summed E-state index contributed by atoms with van der Waals surface area (Å²) < 4.78 is 0. The van der Waals surface area contributed by atoms with Gasteiger partial charge in [-0.25, -0.2) is 4.79 Å². The summed E-state index contributed by atoms with van der Waals surface area (Å²) in [5.41, 5.74) is 0.540. The van der Waals surface area contributed by atoms with Crippen LogP contribution in [0.2, 0.25) is 0 Å². The normalized spacial score (nSPS) is 23.4. The van der Waals surface area contributed by atoms with Crippen molar-refractivity contribution < 1.29 is 9.90 Å². The van der Waals surface area contributed by atoms with Crippen LogP contribution in [0, 0.1) is 5.92 Å². The average molecular weight is 225 g/mol. The Morgan fingerprint density at radius 2 is 2.25 bits per heavy atom. The van der Waals surface area contributed by atoms with Crippen molar-refractivity contribution in [2.45, 2.75) is 39.5 Å². The van der Waals surface area contributed by atoms with Crippen LogP contribution in [0.3, 0.4) is 0 Å². The van der Waals surface area contributed by atoms with E-state index in [0.717, 1.165) is 25.6 Å². The molecule has 0 bridgehead atoms. The Hall–Kier alpha value is -0.830. The highest BCUT2D eigenvalue weighted by Crippen LogP contribution is 2.19. The molecule has 1 unspecified atom stereocenters. The van der Waals surface area contributed by atoms with Gasteiger partial charge < -0.3 is 5.11 Å². The van der Waals surface area contributed by atoms with E-state index in [-0.39, 0.29) is 0 Å². The number of nitrogens with zero attached hydrogens (tertiary/aromatic N) is 1. The summed E-state index contributed by atoms with van der Waals surface area (Å²) in [6.07, 6.45) is 6.30. The monoisotopic (exact) mass is 225 g/mol. The van der Waals surface area contributed by atoms with Crippen LogP contribution in [-0.4, -0.2) is 35.6 Å². The smallest absolute Gasteiger partial charge is 0.331 e. The molecule has 1 atom stereocenters. The lowest BCUT2D eigenvalue weighted by atomic mass is 9.95. The number of aliphatic carboxylic acids is 1. The van der Waals surface area contributed by atoms with Crippen molar-refractivity contribution in [2.75, 3.05) is 19.6 Å². The number of rotatable bonds is 5. The van der Waals surface area contributed by atoms with E-state index in [0.29, 0.717) is 12.0 Å². The number of carboxylic acids is 1. The van der Waals surface area contributed by atoms with Gasteiger partial charge in [0, 0.05) is 18.7 Å². The third-order valence-corrected chi connectivity index (χ3v) is 3.43. The predicted molar refractivity (Wildman–Crippen MR) is 65.5 cm³/mol. The summed E-state index contributed by atoms with van der Waals surface area (Å²) in [5, 5.41) is 8.91. The Balaban J connectivity index is 2.44. The molecule has 0 amide bonds. The molecule has 1 rings (SSSR count). The van der Waals surface area contributed by atoms with Crippen molar-refractivity contribution >= 4 is 5.97 Å². The minimum Gasteiger partial charge on any atom is -0.478 e. The molecule has 0 saturated carbocycles. The third kappa shape index (κ3) is 3.97. The molecule has 1 fully saturated rings. The molecule has 3 nitrogen and oxygen atoms in total. The second kappa shape index (κ2) is 6.69. The predicted octanol–water partition coefficient (Wildman–Crippen LogP) is 2.53. The van der Waals surface area contributed by atoms with Crippen molar-refractivity contribution in [3.05, 3.63) is 11.6 Å². The summed E-state index contributed by atoms with van der Waals surface area (Å²) in [7, 11) is 0. The summed E-state index contributed by atoms with van der Waals surface area (Å²) >= 11 is 0. The molecular weight excluding hydrogens is 202 g/mol. The van der Waals surface area contributed by atoms with Crippen LogP contribution >= 0.6 is 0 Å². The maximum Gasteiger partial charge on any atom is 0.331 e. The Labute approximate surface area is 98.1 Å². The molecule has 1 heterocycles. The summed E-state index contributed by atoms with van der Waals surface area (Å²) in [6.45, 7) is 7.17. The summed E-state index contributed by atoms with van der Waals surface area (Å²) in [6, 6.07) is 0. The maximum atomic E-state index is 10.8. The molecular formula is C13H23NO2. The topological polar surface area (TPSA) is 40.5 Å². The largest absolute Gasteiger partial charge is 0.478 e. The van der Waals surface area contributed by atoms with Crippen LogP contribution < -0.4 is 0 Å². The molecule has 1 saturated heterocycles. The molecule has 1 aliphatic heterocycles. The first-order valence-corrected chi connectivity index (χ1v) is 6.32. The number of hydrogen-bond donors (Lipinski definition) is 1. The van der Waals surface area contributed by atoms with Crippen LogP contribution in [-0.2, 0) is 4.79 Å². The van der Waals surface area contributed by atoms with Gasteiger partial charge in [-0.3, -0.25) is 4.90 Å². The van der Waals surface area contributed by atoms with E-state index in [2.05, 4.69) is 11.8 Å². The third-order valence-electron chi connectivity index (χ3n) is 3.43. The van der Waals surface area contributed by atoms with Gasteiger partial charge in [0.25, 0.3) is 0 Å². The molecule has 16 heavy (non-hydrogen) atoms. The molecule has 0 aromatic carbocycles. The first kappa shape index (κ1) is 13.2. The summed E-state index contributed by atoms with van der Waals surface area (Å²) in [4.78, 5) is 13.2. The lowest BCUT2D eigenvalue weighted by Crippen LogP contribution is -2.35. The van der Waals surface area contributed by atoms with E-state index in [1.54, 1.807) is 0 Å². The second-order valence-corrected chi connectivity index (χ2v) is 4.56. The summed E-state index contributed by atoms with van der Waals surface area (Å²) in [5.74, 6) is 0.0311. The van der Waals surface area contributed by atoms with E-state index in [9.17, 15) is 4.79 Å². The standard InChI is InChI=1S/C13H23NO2/c1-3-11-6-5-8-14(10-11)9-7-12(4-2)13(15)16/h7,11H,3-6,8-10H2,1-2H3,(H,15,16). The fraction of sp³-hybridized carbons (Fsp3) is 0.769. The van der Waals surface area contributed by atoms with Gasteiger partial charge in [-0.15, -0.1) is 0 Å². The zero-order valence-corrected chi connectivity index (χ0v) is 10.4. The molecule has 0 aliphatic carbocycles. The molecule has 92 valence electrons. The van der Waals surface area contributed by atoms with Crippen molar-refractivity contribution in [1.29, 1.82) is 0 Å². The molecule has 3 heteroatoms. The highest BCUT2D eigenvalue weighted by atomic mass is 16.4. The van der Waals surface area contributed by atoms with E-state index in [4.69, 9.17) is 5.11 Å². The van der Waals surface area contributed by atoms with Gasteiger partial charge in [-0.2, -0.15) is 0 Å². The van der Waals surface area contributed by atoms with Gasteiger partial charge in [0.1, 0.15) is 0 Å². The highest BCUT2D eigenvalue weighted by Gasteiger charge is 2.17. The van der Waals surface area contributed by atoms with Gasteiger partial charge in [0.05, 0.1) is 0 Å². The first-order valence-electron chi connectivity index (χ1n) is 6.32. The zero-order chi connectivity index (χ0) is 12.0. The average Bonchev–Trinajstić information content (AvgIpc) is 2.29. The lowest BCUT2D eigenvalue weighted by molar-refractivity contribution is -0.132. The van der Waals surface area contributed by atoms with Crippen LogP contribution in [0.25, 0.3) is 0 Å². The molecule has 0 aromatic rings. The minimum absolute atomic E-state index is 0.540. The maximum absolute atomic E-state index is 10.8. The van der Waals surface area contributed by atoms with Crippen LogP contribution in [0.1, 0.15) is 39.5 Å². The van der Waals surface area contributed by atoms with Gasteiger partial charge in [-0.05, 0) is 31.7 Å². The van der Waals surface area contributed by atoms with Crippen LogP contribution in [0.15, 0.2) is 11.6 Å². The van der Waals surface area contributed by atoms with Gasteiger partial charge in [0.15, 0.2) is 0 Å². The molecule has 1 N–H and O–H groups in total.